The van der Waals surface area contributed by atoms with Gasteiger partial charge in [0.15, 0.2) is 0 Å². The largest absolute Gasteiger partial charge is 0.396 e. The second-order valence-corrected chi connectivity index (χ2v) is 4.05. The highest BCUT2D eigenvalue weighted by Gasteiger charge is 2.29. The first-order valence-electron chi connectivity index (χ1n) is 5.24. The van der Waals surface area contributed by atoms with Crippen molar-refractivity contribution in [3.8, 4) is 0 Å². The van der Waals surface area contributed by atoms with Gasteiger partial charge in [0.05, 0.1) is 6.61 Å². The van der Waals surface area contributed by atoms with E-state index in [1.807, 2.05) is 0 Å². The van der Waals surface area contributed by atoms with E-state index in [0.717, 1.165) is 32.3 Å². The molecule has 0 aromatic rings. The Balaban J connectivity index is 1.98. The molecule has 0 saturated heterocycles. The zero-order valence-electron chi connectivity index (χ0n) is 8.30. The van der Waals surface area contributed by atoms with E-state index < -0.39 is 0 Å². The van der Waals surface area contributed by atoms with Gasteiger partial charge in [0.25, 0.3) is 0 Å². The van der Waals surface area contributed by atoms with Crippen molar-refractivity contribution in [2.75, 3.05) is 19.8 Å². The van der Waals surface area contributed by atoms with Gasteiger partial charge in [-0.3, -0.25) is 0 Å². The lowest BCUT2D eigenvalue weighted by molar-refractivity contribution is 0.0814. The fourth-order valence-electron chi connectivity index (χ4n) is 1.81. The summed E-state index contributed by atoms with van der Waals surface area (Å²) < 4.78 is 5.49. The molecule has 0 unspecified atom stereocenters. The molecule has 78 valence electrons. The zero-order valence-corrected chi connectivity index (χ0v) is 8.30. The second kappa shape index (κ2) is 5.58. The van der Waals surface area contributed by atoms with Crippen molar-refractivity contribution in [3.63, 3.8) is 0 Å². The van der Waals surface area contributed by atoms with E-state index in [0.29, 0.717) is 6.61 Å². The van der Waals surface area contributed by atoms with Crippen LogP contribution in [-0.2, 0) is 4.74 Å². The van der Waals surface area contributed by atoms with Crippen LogP contribution in [0.15, 0.2) is 0 Å². The summed E-state index contributed by atoms with van der Waals surface area (Å²) in [5.41, 5.74) is 6.06. The van der Waals surface area contributed by atoms with Crippen LogP contribution in [0.5, 0.6) is 0 Å². The Morgan fingerprint density at radius 3 is 2.54 bits per heavy atom. The lowest BCUT2D eigenvalue weighted by atomic mass is 10.0. The van der Waals surface area contributed by atoms with Gasteiger partial charge in [-0.1, -0.05) is 12.8 Å². The molecule has 0 aromatic carbocycles. The number of rotatable bonds is 6. The molecule has 0 heterocycles. The summed E-state index contributed by atoms with van der Waals surface area (Å²) in [5.74, 6) is 0. The SMILES string of the molecule is NC1(COCCCCO)CCCC1. The summed E-state index contributed by atoms with van der Waals surface area (Å²) in [4.78, 5) is 0. The molecule has 0 amide bonds. The molecule has 0 aromatic heterocycles. The number of unbranched alkanes of at least 4 members (excludes halogenated alkanes) is 1. The molecule has 3 N–H and O–H groups in total. The standard InChI is InChI=1S/C10H21NO2/c11-10(5-1-2-6-10)9-13-8-4-3-7-12/h12H,1-9,11H2. The van der Waals surface area contributed by atoms with Gasteiger partial charge in [0.2, 0.25) is 0 Å². The van der Waals surface area contributed by atoms with Crippen LogP contribution in [0.4, 0.5) is 0 Å². The maximum Gasteiger partial charge on any atom is 0.0646 e. The Bertz CT molecular complexity index is 133. The van der Waals surface area contributed by atoms with Gasteiger partial charge in [0.1, 0.15) is 0 Å². The molecular weight excluding hydrogens is 166 g/mol. The highest BCUT2D eigenvalue weighted by molar-refractivity contribution is 4.88. The molecule has 1 aliphatic rings. The van der Waals surface area contributed by atoms with Crippen molar-refractivity contribution in [1.29, 1.82) is 0 Å². The zero-order chi connectivity index (χ0) is 9.57. The molecule has 0 spiro atoms. The first kappa shape index (κ1) is 11.0. The van der Waals surface area contributed by atoms with Gasteiger partial charge in [-0.2, -0.15) is 0 Å². The summed E-state index contributed by atoms with van der Waals surface area (Å²) in [5, 5.41) is 8.55. The summed E-state index contributed by atoms with van der Waals surface area (Å²) in [6.45, 7) is 1.69. The first-order chi connectivity index (χ1) is 6.27. The van der Waals surface area contributed by atoms with Gasteiger partial charge >= 0.3 is 0 Å². The fraction of sp³-hybridized carbons (Fsp3) is 1.00. The minimum Gasteiger partial charge on any atom is -0.396 e. The summed E-state index contributed by atoms with van der Waals surface area (Å²) >= 11 is 0. The van der Waals surface area contributed by atoms with Gasteiger partial charge < -0.3 is 15.6 Å². The highest BCUT2D eigenvalue weighted by atomic mass is 16.5. The first-order valence-corrected chi connectivity index (χ1v) is 5.24. The monoisotopic (exact) mass is 187 g/mol. The number of hydrogen-bond donors (Lipinski definition) is 2. The molecule has 1 fully saturated rings. The number of ether oxygens (including phenoxy) is 1. The molecule has 13 heavy (non-hydrogen) atoms. The maximum atomic E-state index is 8.55. The van der Waals surface area contributed by atoms with Crippen LogP contribution < -0.4 is 5.73 Å². The van der Waals surface area contributed by atoms with Crippen LogP contribution in [-0.4, -0.2) is 30.5 Å². The Hall–Kier alpha value is -0.120. The molecule has 0 bridgehead atoms. The van der Waals surface area contributed by atoms with Crippen LogP contribution in [0.3, 0.4) is 0 Å². The molecular formula is C10H21NO2. The van der Waals surface area contributed by atoms with E-state index in [2.05, 4.69) is 0 Å². The Morgan fingerprint density at radius 1 is 1.23 bits per heavy atom. The second-order valence-electron chi connectivity index (χ2n) is 4.05. The van der Waals surface area contributed by atoms with Crippen molar-refractivity contribution < 1.29 is 9.84 Å². The molecule has 3 nitrogen and oxygen atoms in total. The lowest BCUT2D eigenvalue weighted by Crippen LogP contribution is -2.41. The smallest absolute Gasteiger partial charge is 0.0646 e. The summed E-state index contributed by atoms with van der Waals surface area (Å²) in [6, 6.07) is 0. The fourth-order valence-corrected chi connectivity index (χ4v) is 1.81. The van der Waals surface area contributed by atoms with E-state index >= 15 is 0 Å². The van der Waals surface area contributed by atoms with Crippen LogP contribution in [0.25, 0.3) is 0 Å². The highest BCUT2D eigenvalue weighted by Crippen LogP contribution is 2.27. The minimum atomic E-state index is -0.0424. The van der Waals surface area contributed by atoms with E-state index in [4.69, 9.17) is 15.6 Å². The van der Waals surface area contributed by atoms with E-state index in [9.17, 15) is 0 Å². The van der Waals surface area contributed by atoms with E-state index in [-0.39, 0.29) is 12.1 Å². The topological polar surface area (TPSA) is 55.5 Å². The predicted octanol–water partition coefficient (Wildman–Crippen LogP) is 1.05. The third-order valence-electron chi connectivity index (χ3n) is 2.69. The molecule has 1 saturated carbocycles. The van der Waals surface area contributed by atoms with Crippen molar-refractivity contribution in [1.82, 2.24) is 0 Å². The third kappa shape index (κ3) is 4.07. The Morgan fingerprint density at radius 2 is 1.92 bits per heavy atom. The molecule has 3 heteroatoms. The number of hydrogen-bond acceptors (Lipinski definition) is 3. The third-order valence-corrected chi connectivity index (χ3v) is 2.69. The molecule has 1 aliphatic carbocycles. The number of aliphatic hydroxyl groups is 1. The predicted molar refractivity (Wildman–Crippen MR) is 52.5 cm³/mol. The summed E-state index contributed by atoms with van der Waals surface area (Å²) in [6.07, 6.45) is 6.47. The van der Waals surface area contributed by atoms with Crippen LogP contribution in [0, 0.1) is 0 Å². The number of aliphatic hydroxyl groups excluding tert-OH is 1. The van der Waals surface area contributed by atoms with Crippen molar-refractivity contribution in [2.24, 2.45) is 5.73 Å². The molecule has 1 rings (SSSR count). The van der Waals surface area contributed by atoms with Gasteiger partial charge in [-0.25, -0.2) is 0 Å². The van der Waals surface area contributed by atoms with E-state index in [1.165, 1.54) is 12.8 Å². The van der Waals surface area contributed by atoms with Crippen LogP contribution in [0.1, 0.15) is 38.5 Å². The Labute approximate surface area is 80.3 Å². The minimum absolute atomic E-state index is 0.0424. The number of nitrogens with two attached hydrogens (primary N) is 1. The molecule has 0 radical (unpaired) electrons. The lowest BCUT2D eigenvalue weighted by Gasteiger charge is -2.22. The van der Waals surface area contributed by atoms with Crippen LogP contribution in [0.2, 0.25) is 0 Å². The quantitative estimate of drug-likeness (QED) is 0.611. The molecule has 0 aliphatic heterocycles. The Kier molecular flexibility index (Phi) is 4.70. The van der Waals surface area contributed by atoms with Crippen molar-refractivity contribution in [3.05, 3.63) is 0 Å². The average Bonchev–Trinajstić information content (AvgIpc) is 2.53. The van der Waals surface area contributed by atoms with Crippen molar-refractivity contribution in [2.45, 2.75) is 44.1 Å². The van der Waals surface area contributed by atoms with E-state index in [1.54, 1.807) is 0 Å². The van der Waals surface area contributed by atoms with Gasteiger partial charge in [0, 0.05) is 18.8 Å². The average molecular weight is 187 g/mol. The van der Waals surface area contributed by atoms with Crippen molar-refractivity contribution >= 4 is 0 Å². The van der Waals surface area contributed by atoms with Gasteiger partial charge in [-0.15, -0.1) is 0 Å². The molecule has 0 atom stereocenters. The normalized spacial score (nSPS) is 20.8. The summed E-state index contributed by atoms with van der Waals surface area (Å²) in [7, 11) is 0. The van der Waals surface area contributed by atoms with Crippen LogP contribution >= 0.6 is 0 Å². The van der Waals surface area contributed by atoms with Gasteiger partial charge in [-0.05, 0) is 25.7 Å². The maximum absolute atomic E-state index is 8.55.